The summed E-state index contributed by atoms with van der Waals surface area (Å²) in [6.45, 7) is 5.78. The van der Waals surface area contributed by atoms with Gasteiger partial charge in [-0.05, 0) is 39.8 Å². The molecule has 0 aromatic carbocycles. The minimum Gasteiger partial charge on any atom is -0.480 e. The number of carbonyl (C=O) groups is 1. The molecule has 1 aliphatic rings. The first-order valence-electron chi connectivity index (χ1n) is 4.62. The van der Waals surface area contributed by atoms with Gasteiger partial charge >= 0.3 is 5.97 Å². The monoisotopic (exact) mass is 203 g/mol. The highest BCUT2D eigenvalue weighted by Gasteiger charge is 2.28. The third-order valence-corrected chi connectivity index (χ3v) is 3.71. The summed E-state index contributed by atoms with van der Waals surface area (Å²) in [5.41, 5.74) is 0. The molecule has 13 heavy (non-hydrogen) atoms. The van der Waals surface area contributed by atoms with Crippen molar-refractivity contribution >= 4 is 17.7 Å². The number of aliphatic carboxylic acids is 1. The molecular formula is C9H17NO2S. The van der Waals surface area contributed by atoms with E-state index in [2.05, 4.69) is 4.90 Å². The normalized spacial score (nSPS) is 19.2. The maximum atomic E-state index is 10.8. The summed E-state index contributed by atoms with van der Waals surface area (Å²) >= 11 is 1.51. The molecule has 1 heterocycles. The van der Waals surface area contributed by atoms with Crippen LogP contribution in [0.15, 0.2) is 0 Å². The zero-order chi connectivity index (χ0) is 9.90. The molecule has 0 amide bonds. The standard InChI is InChI=1S/C9H17NO2S/c1-9(2,8(11)12)13-7-10-5-3-4-6-10/h3-7H2,1-2H3,(H,11,12). The molecule has 0 aliphatic carbocycles. The first-order valence-corrected chi connectivity index (χ1v) is 5.60. The highest BCUT2D eigenvalue weighted by molar-refractivity contribution is 8.01. The van der Waals surface area contributed by atoms with E-state index in [1.165, 1.54) is 24.6 Å². The second-order valence-corrected chi connectivity index (χ2v) is 5.48. The topological polar surface area (TPSA) is 40.5 Å². The Morgan fingerprint density at radius 1 is 1.46 bits per heavy atom. The molecule has 0 atom stereocenters. The number of thioether (sulfide) groups is 1. The van der Waals surface area contributed by atoms with Gasteiger partial charge in [0, 0.05) is 5.88 Å². The van der Waals surface area contributed by atoms with Crippen LogP contribution in [0.5, 0.6) is 0 Å². The van der Waals surface area contributed by atoms with Crippen molar-refractivity contribution in [2.24, 2.45) is 0 Å². The lowest BCUT2D eigenvalue weighted by atomic mass is 10.2. The number of carboxylic acids is 1. The van der Waals surface area contributed by atoms with Crippen molar-refractivity contribution in [2.45, 2.75) is 31.4 Å². The van der Waals surface area contributed by atoms with Gasteiger partial charge < -0.3 is 5.11 Å². The molecule has 0 aromatic rings. The van der Waals surface area contributed by atoms with Crippen molar-refractivity contribution in [3.63, 3.8) is 0 Å². The molecule has 3 nitrogen and oxygen atoms in total. The largest absolute Gasteiger partial charge is 0.480 e. The molecule has 0 saturated carbocycles. The summed E-state index contributed by atoms with van der Waals surface area (Å²) in [5, 5.41) is 8.88. The van der Waals surface area contributed by atoms with Crippen LogP contribution in [0.1, 0.15) is 26.7 Å². The van der Waals surface area contributed by atoms with E-state index in [-0.39, 0.29) is 0 Å². The van der Waals surface area contributed by atoms with Crippen LogP contribution in [0.4, 0.5) is 0 Å². The van der Waals surface area contributed by atoms with E-state index in [4.69, 9.17) is 5.11 Å². The van der Waals surface area contributed by atoms with Gasteiger partial charge in [0.2, 0.25) is 0 Å². The fraction of sp³-hybridized carbons (Fsp3) is 0.889. The Kier molecular flexibility index (Phi) is 3.62. The highest BCUT2D eigenvalue weighted by Crippen LogP contribution is 2.26. The quantitative estimate of drug-likeness (QED) is 0.754. The maximum Gasteiger partial charge on any atom is 0.319 e. The Bertz CT molecular complexity index is 188. The second-order valence-electron chi connectivity index (χ2n) is 3.91. The molecule has 0 radical (unpaired) electrons. The van der Waals surface area contributed by atoms with Gasteiger partial charge in [-0.2, -0.15) is 0 Å². The van der Waals surface area contributed by atoms with Gasteiger partial charge in [-0.25, -0.2) is 0 Å². The molecule has 0 spiro atoms. The molecular weight excluding hydrogens is 186 g/mol. The lowest BCUT2D eigenvalue weighted by Gasteiger charge is -2.22. The van der Waals surface area contributed by atoms with Crippen LogP contribution in [0, 0.1) is 0 Å². The predicted octanol–water partition coefficient (Wildman–Crippen LogP) is 1.64. The first-order chi connectivity index (χ1) is 6.02. The predicted molar refractivity (Wildman–Crippen MR) is 55.0 cm³/mol. The van der Waals surface area contributed by atoms with E-state index in [1.54, 1.807) is 13.8 Å². The van der Waals surface area contributed by atoms with Crippen LogP contribution in [-0.4, -0.2) is 39.7 Å². The molecule has 0 aromatic heterocycles. The third kappa shape index (κ3) is 3.19. The van der Waals surface area contributed by atoms with Crippen molar-refractivity contribution in [2.75, 3.05) is 19.0 Å². The van der Waals surface area contributed by atoms with Crippen LogP contribution >= 0.6 is 11.8 Å². The minimum absolute atomic E-state index is 0.650. The molecule has 1 saturated heterocycles. The Balaban J connectivity index is 2.28. The number of likely N-dealkylation sites (tertiary alicyclic amines) is 1. The lowest BCUT2D eigenvalue weighted by Crippen LogP contribution is -2.31. The maximum absolute atomic E-state index is 10.8. The van der Waals surface area contributed by atoms with Gasteiger partial charge in [-0.1, -0.05) is 0 Å². The van der Waals surface area contributed by atoms with Crippen LogP contribution < -0.4 is 0 Å². The zero-order valence-electron chi connectivity index (χ0n) is 8.25. The molecule has 1 N–H and O–H groups in total. The molecule has 0 bridgehead atoms. The van der Waals surface area contributed by atoms with Crippen LogP contribution in [0.25, 0.3) is 0 Å². The number of nitrogens with zero attached hydrogens (tertiary/aromatic N) is 1. The van der Waals surface area contributed by atoms with Crippen LogP contribution in [0.3, 0.4) is 0 Å². The van der Waals surface area contributed by atoms with Gasteiger partial charge in [0.05, 0.1) is 0 Å². The van der Waals surface area contributed by atoms with Crippen molar-refractivity contribution in [3.8, 4) is 0 Å². The fourth-order valence-corrected chi connectivity index (χ4v) is 2.11. The van der Waals surface area contributed by atoms with Crippen LogP contribution in [0.2, 0.25) is 0 Å². The molecule has 0 unspecified atom stereocenters. The Morgan fingerprint density at radius 2 is 2.00 bits per heavy atom. The smallest absolute Gasteiger partial charge is 0.319 e. The second kappa shape index (κ2) is 4.33. The van der Waals surface area contributed by atoms with Crippen LogP contribution in [-0.2, 0) is 4.79 Å². The fourth-order valence-electron chi connectivity index (χ4n) is 1.23. The Hall–Kier alpha value is -0.220. The average molecular weight is 203 g/mol. The van der Waals surface area contributed by atoms with Crippen molar-refractivity contribution in [3.05, 3.63) is 0 Å². The van der Waals surface area contributed by atoms with E-state index in [1.807, 2.05) is 0 Å². The van der Waals surface area contributed by atoms with Crippen molar-refractivity contribution in [1.29, 1.82) is 0 Å². The summed E-state index contributed by atoms with van der Waals surface area (Å²) < 4.78 is -0.650. The lowest BCUT2D eigenvalue weighted by molar-refractivity contribution is -0.138. The number of hydrogen-bond donors (Lipinski definition) is 1. The van der Waals surface area contributed by atoms with Gasteiger partial charge in [0.15, 0.2) is 0 Å². The van der Waals surface area contributed by atoms with Gasteiger partial charge in [-0.3, -0.25) is 9.69 Å². The summed E-state index contributed by atoms with van der Waals surface area (Å²) in [6.07, 6.45) is 2.52. The van der Waals surface area contributed by atoms with E-state index in [0.29, 0.717) is 0 Å². The molecule has 1 aliphatic heterocycles. The van der Waals surface area contributed by atoms with Gasteiger partial charge in [0.25, 0.3) is 0 Å². The summed E-state index contributed by atoms with van der Waals surface area (Å²) in [6, 6.07) is 0. The first kappa shape index (κ1) is 10.9. The van der Waals surface area contributed by atoms with E-state index in [9.17, 15) is 4.79 Å². The molecule has 1 rings (SSSR count). The number of hydrogen-bond acceptors (Lipinski definition) is 3. The Morgan fingerprint density at radius 3 is 2.46 bits per heavy atom. The highest BCUT2D eigenvalue weighted by atomic mass is 32.2. The SMILES string of the molecule is CC(C)(SCN1CCCC1)C(=O)O. The van der Waals surface area contributed by atoms with E-state index < -0.39 is 10.7 Å². The summed E-state index contributed by atoms with van der Waals surface area (Å²) in [4.78, 5) is 13.1. The number of rotatable bonds is 4. The minimum atomic E-state index is -0.725. The molecule has 1 fully saturated rings. The summed E-state index contributed by atoms with van der Waals surface area (Å²) in [5.74, 6) is 0.121. The molecule has 4 heteroatoms. The van der Waals surface area contributed by atoms with E-state index in [0.717, 1.165) is 19.0 Å². The average Bonchev–Trinajstić information content (AvgIpc) is 2.52. The Labute approximate surface area is 83.5 Å². The zero-order valence-corrected chi connectivity index (χ0v) is 9.06. The van der Waals surface area contributed by atoms with Crippen molar-refractivity contribution in [1.82, 2.24) is 4.90 Å². The van der Waals surface area contributed by atoms with Gasteiger partial charge in [0.1, 0.15) is 4.75 Å². The van der Waals surface area contributed by atoms with E-state index >= 15 is 0 Å². The third-order valence-electron chi connectivity index (χ3n) is 2.32. The summed E-state index contributed by atoms with van der Waals surface area (Å²) in [7, 11) is 0. The number of carboxylic acid groups (broad SMARTS) is 1. The molecule has 76 valence electrons. The van der Waals surface area contributed by atoms with Gasteiger partial charge in [-0.15, -0.1) is 11.8 Å². The van der Waals surface area contributed by atoms with Crippen molar-refractivity contribution < 1.29 is 9.90 Å².